The molecule has 1 aliphatic rings. The van der Waals surface area contributed by atoms with Crippen molar-refractivity contribution in [1.82, 2.24) is 10.2 Å². The van der Waals surface area contributed by atoms with Crippen LogP contribution < -0.4 is 10.6 Å². The van der Waals surface area contributed by atoms with Crippen LogP contribution in [0.15, 0.2) is 18.2 Å². The van der Waals surface area contributed by atoms with Gasteiger partial charge in [0.2, 0.25) is 5.91 Å². The highest BCUT2D eigenvalue weighted by Crippen LogP contribution is 2.20. The normalized spacial score (nSPS) is 20.3. The van der Waals surface area contributed by atoms with Crippen LogP contribution in [0.5, 0.6) is 0 Å². The first-order valence-corrected chi connectivity index (χ1v) is 6.95. The van der Waals surface area contributed by atoms with Gasteiger partial charge in [0, 0.05) is 25.3 Å². The molecule has 2 N–H and O–H groups in total. The lowest BCUT2D eigenvalue weighted by molar-refractivity contribution is -0.121. The molecule has 19 heavy (non-hydrogen) atoms. The van der Waals surface area contributed by atoms with Gasteiger partial charge in [0.05, 0.1) is 0 Å². The number of hydrogen-bond acceptors (Lipinski definition) is 3. The zero-order chi connectivity index (χ0) is 13.8. The minimum atomic E-state index is -0.0715. The molecule has 0 bridgehead atoms. The fraction of sp³-hybridized carbons (Fsp3) is 0.533. The summed E-state index contributed by atoms with van der Waals surface area (Å²) in [6, 6.07) is 6.00. The Labute approximate surface area is 115 Å². The van der Waals surface area contributed by atoms with Crippen molar-refractivity contribution in [3.05, 3.63) is 29.3 Å². The van der Waals surface area contributed by atoms with Crippen LogP contribution in [0.25, 0.3) is 0 Å². The van der Waals surface area contributed by atoms with Gasteiger partial charge in [-0.1, -0.05) is 25.1 Å². The number of para-hydroxylation sites is 1. The zero-order valence-electron chi connectivity index (χ0n) is 12.0. The molecular formula is C15H23N3O. The number of anilines is 1. The standard InChI is InChI=1S/C15H23N3O/c1-4-18-9-8-16-10-13(18)15(19)17-14-11(2)6-5-7-12(14)3/h5-7,13,16H,4,8-10H2,1-3H3,(H,17,19). The average molecular weight is 261 g/mol. The van der Waals surface area contributed by atoms with Crippen molar-refractivity contribution in [3.8, 4) is 0 Å². The Hall–Kier alpha value is -1.39. The van der Waals surface area contributed by atoms with Crippen molar-refractivity contribution in [2.75, 3.05) is 31.5 Å². The number of benzene rings is 1. The van der Waals surface area contributed by atoms with Gasteiger partial charge in [0.1, 0.15) is 6.04 Å². The number of hydrogen-bond donors (Lipinski definition) is 2. The van der Waals surface area contributed by atoms with E-state index in [4.69, 9.17) is 0 Å². The molecule has 104 valence electrons. The predicted molar refractivity (Wildman–Crippen MR) is 78.5 cm³/mol. The van der Waals surface area contributed by atoms with E-state index < -0.39 is 0 Å². The van der Waals surface area contributed by atoms with Gasteiger partial charge in [-0.15, -0.1) is 0 Å². The fourth-order valence-electron chi connectivity index (χ4n) is 2.60. The van der Waals surface area contributed by atoms with Crippen LogP contribution in [0, 0.1) is 13.8 Å². The topological polar surface area (TPSA) is 44.4 Å². The van der Waals surface area contributed by atoms with Crippen LogP contribution in [-0.2, 0) is 4.79 Å². The summed E-state index contributed by atoms with van der Waals surface area (Å²) in [5, 5.41) is 6.38. The molecule has 4 nitrogen and oxygen atoms in total. The molecule has 0 saturated carbocycles. The van der Waals surface area contributed by atoms with E-state index in [2.05, 4.69) is 22.5 Å². The average Bonchev–Trinajstić information content (AvgIpc) is 2.42. The van der Waals surface area contributed by atoms with E-state index in [1.54, 1.807) is 0 Å². The van der Waals surface area contributed by atoms with Crippen LogP contribution in [0.1, 0.15) is 18.1 Å². The summed E-state index contributed by atoms with van der Waals surface area (Å²) >= 11 is 0. The van der Waals surface area contributed by atoms with Crippen molar-refractivity contribution in [2.24, 2.45) is 0 Å². The van der Waals surface area contributed by atoms with E-state index in [0.717, 1.165) is 43.0 Å². The van der Waals surface area contributed by atoms with E-state index in [1.807, 2.05) is 32.0 Å². The van der Waals surface area contributed by atoms with Crippen LogP contribution in [0.2, 0.25) is 0 Å². The molecule has 1 heterocycles. The molecule has 1 unspecified atom stereocenters. The number of likely N-dealkylation sites (N-methyl/N-ethyl adjacent to an activating group) is 1. The molecule has 1 aliphatic heterocycles. The zero-order valence-corrected chi connectivity index (χ0v) is 12.0. The van der Waals surface area contributed by atoms with Gasteiger partial charge in [-0.3, -0.25) is 9.69 Å². The quantitative estimate of drug-likeness (QED) is 0.867. The Morgan fingerprint density at radius 2 is 2.11 bits per heavy atom. The Kier molecular flexibility index (Phi) is 4.56. The summed E-state index contributed by atoms with van der Waals surface area (Å²) in [6.45, 7) is 9.68. The number of nitrogens with one attached hydrogen (secondary N) is 2. The van der Waals surface area contributed by atoms with Gasteiger partial charge in [0.25, 0.3) is 0 Å². The highest BCUT2D eigenvalue weighted by atomic mass is 16.2. The van der Waals surface area contributed by atoms with Crippen LogP contribution >= 0.6 is 0 Å². The number of aryl methyl sites for hydroxylation is 2. The third-order valence-corrected chi connectivity index (χ3v) is 3.79. The summed E-state index contributed by atoms with van der Waals surface area (Å²) in [5.74, 6) is 0.0893. The van der Waals surface area contributed by atoms with Gasteiger partial charge >= 0.3 is 0 Å². The molecule has 1 aromatic rings. The highest BCUT2D eigenvalue weighted by molar-refractivity contribution is 5.96. The number of carbonyl (C=O) groups excluding carboxylic acids is 1. The van der Waals surface area contributed by atoms with Crippen molar-refractivity contribution in [1.29, 1.82) is 0 Å². The van der Waals surface area contributed by atoms with Crippen LogP contribution in [0.4, 0.5) is 5.69 Å². The third-order valence-electron chi connectivity index (χ3n) is 3.79. The molecule has 2 rings (SSSR count). The highest BCUT2D eigenvalue weighted by Gasteiger charge is 2.27. The van der Waals surface area contributed by atoms with E-state index in [9.17, 15) is 4.79 Å². The van der Waals surface area contributed by atoms with Crippen molar-refractivity contribution in [2.45, 2.75) is 26.8 Å². The first-order valence-electron chi connectivity index (χ1n) is 6.95. The monoisotopic (exact) mass is 261 g/mol. The molecule has 0 radical (unpaired) electrons. The maximum atomic E-state index is 12.4. The van der Waals surface area contributed by atoms with Gasteiger partial charge < -0.3 is 10.6 Å². The van der Waals surface area contributed by atoms with Crippen LogP contribution in [-0.4, -0.2) is 43.0 Å². The van der Waals surface area contributed by atoms with E-state index >= 15 is 0 Å². The Bertz CT molecular complexity index is 438. The second kappa shape index (κ2) is 6.17. The minimum absolute atomic E-state index is 0.0715. The summed E-state index contributed by atoms with van der Waals surface area (Å²) in [5.41, 5.74) is 3.18. The fourth-order valence-corrected chi connectivity index (χ4v) is 2.60. The molecule has 1 aromatic carbocycles. The summed E-state index contributed by atoms with van der Waals surface area (Å²) in [4.78, 5) is 14.7. The van der Waals surface area contributed by atoms with Crippen molar-refractivity contribution < 1.29 is 4.79 Å². The second-order valence-electron chi connectivity index (χ2n) is 5.10. The molecule has 1 saturated heterocycles. The van der Waals surface area contributed by atoms with E-state index in [0.29, 0.717) is 0 Å². The number of amides is 1. The molecule has 1 atom stereocenters. The smallest absolute Gasteiger partial charge is 0.243 e. The van der Waals surface area contributed by atoms with Gasteiger partial charge in [0.15, 0.2) is 0 Å². The summed E-state index contributed by atoms with van der Waals surface area (Å²) in [7, 11) is 0. The van der Waals surface area contributed by atoms with Crippen molar-refractivity contribution in [3.63, 3.8) is 0 Å². The van der Waals surface area contributed by atoms with Crippen LogP contribution in [0.3, 0.4) is 0 Å². The number of piperazine rings is 1. The molecular weight excluding hydrogens is 238 g/mol. The Balaban J connectivity index is 2.12. The first-order chi connectivity index (χ1) is 9.13. The number of nitrogens with zero attached hydrogens (tertiary/aromatic N) is 1. The SMILES string of the molecule is CCN1CCNCC1C(=O)Nc1c(C)cccc1C. The predicted octanol–water partition coefficient (Wildman–Crippen LogP) is 1.54. The Morgan fingerprint density at radius 3 is 2.74 bits per heavy atom. The lowest BCUT2D eigenvalue weighted by atomic mass is 10.1. The third kappa shape index (κ3) is 3.14. The maximum absolute atomic E-state index is 12.4. The molecule has 1 fully saturated rings. The molecule has 0 spiro atoms. The van der Waals surface area contributed by atoms with Gasteiger partial charge in [-0.05, 0) is 31.5 Å². The van der Waals surface area contributed by atoms with Gasteiger partial charge in [-0.25, -0.2) is 0 Å². The maximum Gasteiger partial charge on any atom is 0.243 e. The first kappa shape index (κ1) is 14.0. The minimum Gasteiger partial charge on any atom is -0.324 e. The largest absolute Gasteiger partial charge is 0.324 e. The molecule has 0 aromatic heterocycles. The van der Waals surface area contributed by atoms with Gasteiger partial charge in [-0.2, -0.15) is 0 Å². The van der Waals surface area contributed by atoms with Crippen molar-refractivity contribution >= 4 is 11.6 Å². The second-order valence-corrected chi connectivity index (χ2v) is 5.10. The number of rotatable bonds is 3. The van der Waals surface area contributed by atoms with E-state index in [1.165, 1.54) is 0 Å². The summed E-state index contributed by atoms with van der Waals surface area (Å²) in [6.07, 6.45) is 0. The lowest BCUT2D eigenvalue weighted by Gasteiger charge is -2.34. The number of carbonyl (C=O) groups is 1. The molecule has 4 heteroatoms. The lowest BCUT2D eigenvalue weighted by Crippen LogP contribution is -2.56. The van der Waals surface area contributed by atoms with E-state index in [-0.39, 0.29) is 11.9 Å². The summed E-state index contributed by atoms with van der Waals surface area (Å²) < 4.78 is 0. The molecule has 1 amide bonds. The molecule has 0 aliphatic carbocycles. The Morgan fingerprint density at radius 1 is 1.42 bits per heavy atom.